The Kier molecular flexibility index (Phi) is 7.51. The fourth-order valence-corrected chi connectivity index (χ4v) is 0.898. The van der Waals surface area contributed by atoms with Crippen LogP contribution in [0.5, 0.6) is 0 Å². The normalized spacial score (nSPS) is 10.1. The van der Waals surface area contributed by atoms with E-state index in [0.717, 1.165) is 13.1 Å². The van der Waals surface area contributed by atoms with E-state index in [1.54, 1.807) is 11.9 Å². The summed E-state index contributed by atoms with van der Waals surface area (Å²) in [5.74, 6) is -0.395. The van der Waals surface area contributed by atoms with Crippen LogP contribution in [0.15, 0.2) is 0 Å². The minimum absolute atomic E-state index is 0.153. The van der Waals surface area contributed by atoms with Gasteiger partial charge in [0.1, 0.15) is 0 Å². The van der Waals surface area contributed by atoms with Crippen LogP contribution in [0.2, 0.25) is 0 Å². The topological polar surface area (TPSA) is 82.7 Å². The van der Waals surface area contributed by atoms with E-state index >= 15 is 0 Å². The van der Waals surface area contributed by atoms with E-state index in [9.17, 15) is 9.59 Å². The highest BCUT2D eigenvalue weighted by atomic mass is 16.7. The number of rotatable bonds is 6. The molecule has 0 unspecified atom stereocenters. The van der Waals surface area contributed by atoms with Crippen LogP contribution in [0, 0.1) is 0 Å². The van der Waals surface area contributed by atoms with Crippen molar-refractivity contribution in [2.24, 2.45) is 0 Å². The Hall–Kier alpha value is -1.18. The number of amides is 2. The van der Waals surface area contributed by atoms with E-state index in [1.165, 1.54) is 7.05 Å². The molecule has 0 saturated heterocycles. The summed E-state index contributed by atoms with van der Waals surface area (Å²) in [7, 11) is 5.06. The Bertz CT molecular complexity index is 210. The van der Waals surface area contributed by atoms with E-state index in [4.69, 9.17) is 0 Å². The van der Waals surface area contributed by atoms with Gasteiger partial charge in [-0.15, -0.1) is 0 Å². The van der Waals surface area contributed by atoms with Gasteiger partial charge in [0, 0.05) is 20.1 Å². The molecule has 7 nitrogen and oxygen atoms in total. The third-order valence-electron chi connectivity index (χ3n) is 1.59. The number of nitrogens with one attached hydrogen (secondary N) is 3. The van der Waals surface area contributed by atoms with E-state index in [1.807, 2.05) is 7.05 Å². The van der Waals surface area contributed by atoms with E-state index < -0.39 is 12.0 Å². The molecule has 7 heteroatoms. The number of carbonyl (C=O) groups excluding carboxylic acids is 2. The molecule has 0 atom stereocenters. The third-order valence-corrected chi connectivity index (χ3v) is 1.59. The molecule has 0 radical (unpaired) electrons. The second-order valence-corrected chi connectivity index (χ2v) is 2.98. The molecule has 0 aliphatic carbocycles. The first kappa shape index (κ1) is 13.8. The van der Waals surface area contributed by atoms with Crippen molar-refractivity contribution >= 4 is 12.0 Å². The zero-order chi connectivity index (χ0) is 11.7. The Morgan fingerprint density at radius 2 is 2.00 bits per heavy atom. The molecule has 0 fully saturated rings. The SMILES string of the molecule is CNCCN(C)CC(=O)NC(=O)ONC. The minimum Gasteiger partial charge on any atom is -0.354 e. The van der Waals surface area contributed by atoms with E-state index in [0.29, 0.717) is 0 Å². The van der Waals surface area contributed by atoms with Gasteiger partial charge in [0.05, 0.1) is 6.54 Å². The van der Waals surface area contributed by atoms with Gasteiger partial charge in [-0.3, -0.25) is 15.0 Å². The number of hydroxylamine groups is 1. The van der Waals surface area contributed by atoms with Crippen molar-refractivity contribution < 1.29 is 14.4 Å². The van der Waals surface area contributed by atoms with E-state index in [2.05, 4.69) is 21.0 Å². The largest absolute Gasteiger partial charge is 0.432 e. The Labute approximate surface area is 89.1 Å². The third kappa shape index (κ3) is 7.86. The standard InChI is InChI=1S/C8H18N4O3/c1-9-4-5-12(3)6-7(13)11-8(14)15-10-2/h9-10H,4-6H2,1-3H3,(H,11,13,14). The summed E-state index contributed by atoms with van der Waals surface area (Å²) in [6.07, 6.45) is -0.801. The second kappa shape index (κ2) is 8.16. The number of nitrogens with zero attached hydrogens (tertiary/aromatic N) is 1. The molecule has 0 heterocycles. The van der Waals surface area contributed by atoms with Crippen molar-refractivity contribution in [1.82, 2.24) is 21.0 Å². The Morgan fingerprint density at radius 3 is 2.53 bits per heavy atom. The lowest BCUT2D eigenvalue weighted by atomic mass is 10.5. The maximum Gasteiger partial charge on any atom is 0.432 e. The zero-order valence-electron chi connectivity index (χ0n) is 9.29. The summed E-state index contributed by atoms with van der Waals surface area (Å²) in [4.78, 5) is 28.1. The summed E-state index contributed by atoms with van der Waals surface area (Å²) in [5.41, 5.74) is 2.17. The lowest BCUT2D eigenvalue weighted by Crippen LogP contribution is -2.41. The van der Waals surface area contributed by atoms with Gasteiger partial charge in [0.2, 0.25) is 5.91 Å². The van der Waals surface area contributed by atoms with Gasteiger partial charge in [-0.1, -0.05) is 0 Å². The molecule has 0 bridgehead atoms. The summed E-state index contributed by atoms with van der Waals surface area (Å²) in [6, 6.07) is 0. The van der Waals surface area contributed by atoms with Crippen LogP contribution in [-0.2, 0) is 9.63 Å². The molecule has 0 aliphatic heterocycles. The van der Waals surface area contributed by atoms with Crippen LogP contribution in [0.25, 0.3) is 0 Å². The highest BCUT2D eigenvalue weighted by Crippen LogP contribution is 1.81. The number of imide groups is 1. The first-order chi connectivity index (χ1) is 7.10. The van der Waals surface area contributed by atoms with E-state index in [-0.39, 0.29) is 6.54 Å². The average Bonchev–Trinajstić information content (AvgIpc) is 2.14. The number of likely N-dealkylation sites (N-methyl/N-ethyl adjacent to an activating group) is 2. The van der Waals surface area contributed by atoms with Crippen molar-refractivity contribution in [1.29, 1.82) is 0 Å². The van der Waals surface area contributed by atoms with Gasteiger partial charge in [0.25, 0.3) is 0 Å². The molecule has 15 heavy (non-hydrogen) atoms. The van der Waals surface area contributed by atoms with Crippen molar-refractivity contribution in [2.45, 2.75) is 0 Å². The summed E-state index contributed by atoms with van der Waals surface area (Å²) >= 11 is 0. The average molecular weight is 218 g/mol. The molecule has 0 aromatic carbocycles. The molecule has 0 saturated carbocycles. The van der Waals surface area contributed by atoms with Crippen LogP contribution in [0.4, 0.5) is 4.79 Å². The molecule has 0 spiro atoms. The van der Waals surface area contributed by atoms with Crippen LogP contribution in [0.3, 0.4) is 0 Å². The lowest BCUT2D eigenvalue weighted by molar-refractivity contribution is -0.121. The maximum absolute atomic E-state index is 11.2. The lowest BCUT2D eigenvalue weighted by Gasteiger charge is -2.14. The molecule has 0 aromatic rings. The Morgan fingerprint density at radius 1 is 1.33 bits per heavy atom. The van der Waals surface area contributed by atoms with Gasteiger partial charge in [-0.2, -0.15) is 5.48 Å². The van der Waals surface area contributed by atoms with Crippen LogP contribution in [-0.4, -0.2) is 57.7 Å². The fourth-order valence-electron chi connectivity index (χ4n) is 0.898. The van der Waals surface area contributed by atoms with Crippen molar-refractivity contribution in [3.63, 3.8) is 0 Å². The number of carbonyl (C=O) groups is 2. The van der Waals surface area contributed by atoms with Crippen LogP contribution >= 0.6 is 0 Å². The molecule has 2 amide bonds. The van der Waals surface area contributed by atoms with Gasteiger partial charge in [-0.25, -0.2) is 4.79 Å². The summed E-state index contributed by atoms with van der Waals surface area (Å²) in [5, 5.41) is 5.02. The molecule has 3 N–H and O–H groups in total. The van der Waals surface area contributed by atoms with Crippen LogP contribution in [0.1, 0.15) is 0 Å². The van der Waals surface area contributed by atoms with Crippen LogP contribution < -0.4 is 16.1 Å². The first-order valence-corrected chi connectivity index (χ1v) is 4.60. The number of hydrogen-bond acceptors (Lipinski definition) is 6. The fraction of sp³-hybridized carbons (Fsp3) is 0.750. The molecule has 0 aliphatic rings. The molecule has 0 aromatic heterocycles. The van der Waals surface area contributed by atoms with Crippen molar-refractivity contribution in [2.75, 3.05) is 40.8 Å². The predicted octanol–water partition coefficient (Wildman–Crippen LogP) is -1.48. The molecular formula is C8H18N4O3. The van der Waals surface area contributed by atoms with Crippen molar-refractivity contribution in [3.05, 3.63) is 0 Å². The first-order valence-electron chi connectivity index (χ1n) is 4.60. The molecule has 88 valence electrons. The monoisotopic (exact) mass is 218 g/mol. The number of hydrogen-bond donors (Lipinski definition) is 3. The van der Waals surface area contributed by atoms with Gasteiger partial charge in [0.15, 0.2) is 0 Å². The zero-order valence-corrected chi connectivity index (χ0v) is 9.29. The van der Waals surface area contributed by atoms with Crippen molar-refractivity contribution in [3.8, 4) is 0 Å². The van der Waals surface area contributed by atoms with Gasteiger partial charge >= 0.3 is 6.09 Å². The highest BCUT2D eigenvalue weighted by Gasteiger charge is 2.10. The molecular weight excluding hydrogens is 200 g/mol. The predicted molar refractivity (Wildman–Crippen MR) is 55.1 cm³/mol. The van der Waals surface area contributed by atoms with Gasteiger partial charge in [-0.05, 0) is 14.1 Å². The second-order valence-electron chi connectivity index (χ2n) is 2.98. The minimum atomic E-state index is -0.801. The summed E-state index contributed by atoms with van der Waals surface area (Å²) in [6.45, 7) is 1.66. The Balaban J connectivity index is 3.68. The maximum atomic E-state index is 11.2. The quantitative estimate of drug-likeness (QED) is 0.472. The highest BCUT2D eigenvalue weighted by molar-refractivity contribution is 5.92. The van der Waals surface area contributed by atoms with Gasteiger partial charge < -0.3 is 10.2 Å². The smallest absolute Gasteiger partial charge is 0.354 e. The summed E-state index contributed by atoms with van der Waals surface area (Å²) < 4.78 is 0. The molecule has 0 rings (SSSR count).